The van der Waals surface area contributed by atoms with Crippen LogP contribution in [0.15, 0.2) is 24.3 Å². The molecule has 1 aliphatic carbocycles. The summed E-state index contributed by atoms with van der Waals surface area (Å²) in [5, 5.41) is 0. The number of benzene rings is 1. The van der Waals surface area contributed by atoms with E-state index in [9.17, 15) is 9.59 Å². The Labute approximate surface area is 149 Å². The molecular weight excluding hydrogens is 316 g/mol. The van der Waals surface area contributed by atoms with Crippen molar-refractivity contribution in [2.45, 2.75) is 51.5 Å². The molecule has 5 heteroatoms. The predicted molar refractivity (Wildman–Crippen MR) is 96.1 cm³/mol. The number of hydrogen-bond donors (Lipinski definition) is 1. The zero-order chi connectivity index (χ0) is 17.8. The van der Waals surface area contributed by atoms with Crippen molar-refractivity contribution >= 4 is 11.8 Å². The second-order valence-corrected chi connectivity index (χ2v) is 7.46. The topological polar surface area (TPSA) is 72.6 Å². The first-order valence-corrected chi connectivity index (χ1v) is 9.34. The highest BCUT2D eigenvalue weighted by Crippen LogP contribution is 2.38. The van der Waals surface area contributed by atoms with Gasteiger partial charge in [-0.1, -0.05) is 25.5 Å². The first-order chi connectivity index (χ1) is 12.0. The van der Waals surface area contributed by atoms with Gasteiger partial charge >= 0.3 is 0 Å². The number of nitrogens with two attached hydrogens (primary N) is 1. The van der Waals surface area contributed by atoms with Crippen LogP contribution < -0.4 is 10.5 Å². The maximum atomic E-state index is 12.7. The number of carbonyl (C=O) groups excluding carboxylic acids is 2. The smallest absolute Gasteiger partial charge is 0.260 e. The minimum atomic E-state index is -0.356. The predicted octanol–water partition coefficient (Wildman–Crippen LogP) is 2.52. The lowest BCUT2D eigenvalue weighted by molar-refractivity contribution is -0.141. The molecule has 2 N–H and O–H groups in total. The van der Waals surface area contributed by atoms with Crippen molar-refractivity contribution < 1.29 is 14.3 Å². The summed E-state index contributed by atoms with van der Waals surface area (Å²) >= 11 is 0. The number of carbonyl (C=O) groups is 2. The molecule has 2 amide bonds. The van der Waals surface area contributed by atoms with Crippen molar-refractivity contribution in [3.05, 3.63) is 29.8 Å². The summed E-state index contributed by atoms with van der Waals surface area (Å²) < 4.78 is 5.69. The second kappa shape index (κ2) is 7.89. The van der Waals surface area contributed by atoms with Crippen molar-refractivity contribution in [3.63, 3.8) is 0 Å². The van der Waals surface area contributed by atoms with E-state index in [1.807, 2.05) is 12.1 Å². The van der Waals surface area contributed by atoms with Gasteiger partial charge in [-0.3, -0.25) is 9.59 Å². The first kappa shape index (κ1) is 17.8. The highest BCUT2D eigenvalue weighted by molar-refractivity contribution is 5.78. The van der Waals surface area contributed by atoms with Gasteiger partial charge in [0.15, 0.2) is 6.61 Å². The van der Waals surface area contributed by atoms with Gasteiger partial charge in [-0.15, -0.1) is 0 Å². The molecule has 0 bridgehead atoms. The van der Waals surface area contributed by atoms with E-state index in [2.05, 4.69) is 11.8 Å². The summed E-state index contributed by atoms with van der Waals surface area (Å²) in [5.41, 5.74) is 6.04. The molecule has 2 fully saturated rings. The van der Waals surface area contributed by atoms with Crippen LogP contribution >= 0.6 is 0 Å². The van der Waals surface area contributed by atoms with Gasteiger partial charge in [0.25, 0.3) is 5.91 Å². The zero-order valence-electron chi connectivity index (χ0n) is 14.9. The quantitative estimate of drug-likeness (QED) is 0.892. The molecule has 1 heterocycles. The third-order valence-electron chi connectivity index (χ3n) is 5.62. The average molecular weight is 344 g/mol. The van der Waals surface area contributed by atoms with Gasteiger partial charge in [0.1, 0.15) is 5.75 Å². The summed E-state index contributed by atoms with van der Waals surface area (Å²) in [6, 6.07) is 7.58. The Morgan fingerprint density at radius 3 is 2.60 bits per heavy atom. The van der Waals surface area contributed by atoms with E-state index in [0.29, 0.717) is 23.6 Å². The van der Waals surface area contributed by atoms with Crippen molar-refractivity contribution in [1.29, 1.82) is 0 Å². The minimum Gasteiger partial charge on any atom is -0.484 e. The van der Waals surface area contributed by atoms with Gasteiger partial charge in [-0.25, -0.2) is 0 Å². The number of piperidine rings is 1. The number of primary amides is 1. The number of likely N-dealkylation sites (tertiary alicyclic amines) is 1. The molecule has 3 atom stereocenters. The molecule has 0 radical (unpaired) electrons. The van der Waals surface area contributed by atoms with E-state index in [-0.39, 0.29) is 24.8 Å². The molecule has 1 saturated heterocycles. The van der Waals surface area contributed by atoms with E-state index in [1.165, 1.54) is 25.7 Å². The Morgan fingerprint density at radius 2 is 1.88 bits per heavy atom. The lowest BCUT2D eigenvalue weighted by Gasteiger charge is -2.47. The lowest BCUT2D eigenvalue weighted by Crippen LogP contribution is -2.54. The molecule has 1 aromatic rings. The maximum absolute atomic E-state index is 12.7. The summed E-state index contributed by atoms with van der Waals surface area (Å²) in [4.78, 5) is 25.7. The summed E-state index contributed by atoms with van der Waals surface area (Å²) in [7, 11) is 0. The number of nitrogens with zero attached hydrogens (tertiary/aromatic N) is 1. The first-order valence-electron chi connectivity index (χ1n) is 9.34. The minimum absolute atomic E-state index is 0.0745. The zero-order valence-corrected chi connectivity index (χ0v) is 14.9. The van der Waals surface area contributed by atoms with E-state index in [0.717, 1.165) is 18.5 Å². The number of fused-ring (bicyclic) bond motifs is 1. The van der Waals surface area contributed by atoms with E-state index < -0.39 is 0 Å². The number of rotatable bonds is 5. The van der Waals surface area contributed by atoms with Crippen LogP contribution in [-0.4, -0.2) is 35.9 Å². The van der Waals surface area contributed by atoms with E-state index >= 15 is 0 Å². The number of amides is 2. The molecular formula is C20H28N2O3. The normalized spacial score (nSPS) is 26.0. The summed E-state index contributed by atoms with van der Waals surface area (Å²) in [6.07, 6.45) is 6.32. The number of ether oxygens (including phenoxy) is 1. The SMILES string of the molecule is C[C@@H]1CCC[C@H]2CCCN(C(=O)COc3ccc(CC(N)=O)cc3)[C@@H]21. The van der Waals surface area contributed by atoms with Crippen molar-refractivity contribution in [3.8, 4) is 5.75 Å². The summed E-state index contributed by atoms with van der Waals surface area (Å²) in [6.45, 7) is 3.21. The van der Waals surface area contributed by atoms with Gasteiger partial charge in [-0.05, 0) is 55.2 Å². The Balaban J connectivity index is 1.57. The molecule has 2 aliphatic rings. The van der Waals surface area contributed by atoms with Gasteiger partial charge in [0.2, 0.25) is 5.91 Å². The van der Waals surface area contributed by atoms with Crippen LogP contribution in [0.5, 0.6) is 5.75 Å². The Kier molecular flexibility index (Phi) is 5.61. The van der Waals surface area contributed by atoms with Gasteiger partial charge in [0.05, 0.1) is 6.42 Å². The van der Waals surface area contributed by atoms with Crippen LogP contribution in [0.3, 0.4) is 0 Å². The van der Waals surface area contributed by atoms with E-state index in [4.69, 9.17) is 10.5 Å². The fourth-order valence-electron chi connectivity index (χ4n) is 4.48. The van der Waals surface area contributed by atoms with Crippen molar-refractivity contribution in [1.82, 2.24) is 4.90 Å². The monoisotopic (exact) mass is 344 g/mol. The Morgan fingerprint density at radius 1 is 1.16 bits per heavy atom. The van der Waals surface area contributed by atoms with Crippen LogP contribution in [0.25, 0.3) is 0 Å². The molecule has 5 nitrogen and oxygen atoms in total. The molecule has 25 heavy (non-hydrogen) atoms. The summed E-state index contributed by atoms with van der Waals surface area (Å²) in [5.74, 6) is 1.62. The Hall–Kier alpha value is -2.04. The number of hydrogen-bond acceptors (Lipinski definition) is 3. The largest absolute Gasteiger partial charge is 0.484 e. The van der Waals surface area contributed by atoms with Gasteiger partial charge < -0.3 is 15.4 Å². The molecule has 0 unspecified atom stereocenters. The highest BCUT2D eigenvalue weighted by atomic mass is 16.5. The average Bonchev–Trinajstić information content (AvgIpc) is 2.60. The second-order valence-electron chi connectivity index (χ2n) is 7.46. The van der Waals surface area contributed by atoms with Gasteiger partial charge in [-0.2, -0.15) is 0 Å². The lowest BCUT2D eigenvalue weighted by atomic mass is 9.73. The van der Waals surface area contributed by atoms with Crippen LogP contribution in [0, 0.1) is 11.8 Å². The fraction of sp³-hybridized carbons (Fsp3) is 0.600. The molecule has 1 aliphatic heterocycles. The Bertz CT molecular complexity index is 612. The molecule has 1 aromatic carbocycles. The molecule has 136 valence electrons. The van der Waals surface area contributed by atoms with Crippen molar-refractivity contribution in [2.75, 3.05) is 13.2 Å². The van der Waals surface area contributed by atoms with Crippen LogP contribution in [0.4, 0.5) is 0 Å². The third kappa shape index (κ3) is 4.33. The van der Waals surface area contributed by atoms with Gasteiger partial charge in [0, 0.05) is 12.6 Å². The van der Waals surface area contributed by atoms with Crippen LogP contribution in [-0.2, 0) is 16.0 Å². The maximum Gasteiger partial charge on any atom is 0.260 e. The molecule has 3 rings (SSSR count). The molecule has 1 saturated carbocycles. The van der Waals surface area contributed by atoms with E-state index in [1.54, 1.807) is 12.1 Å². The van der Waals surface area contributed by atoms with Crippen LogP contribution in [0.2, 0.25) is 0 Å². The third-order valence-corrected chi connectivity index (χ3v) is 5.62. The van der Waals surface area contributed by atoms with Crippen molar-refractivity contribution in [2.24, 2.45) is 17.6 Å². The highest BCUT2D eigenvalue weighted by Gasteiger charge is 2.39. The fourth-order valence-corrected chi connectivity index (χ4v) is 4.48. The molecule has 0 spiro atoms. The van der Waals surface area contributed by atoms with Crippen LogP contribution in [0.1, 0.15) is 44.6 Å². The molecule has 0 aromatic heterocycles. The standard InChI is InChI=1S/C20H28N2O3/c1-14-4-2-5-16-6-3-11-22(20(14)16)19(24)13-25-17-9-7-15(8-10-17)12-18(21)23/h7-10,14,16,20H,2-6,11-13H2,1H3,(H2,21,23)/t14-,16+,20-/m1/s1.